The standard InChI is InChI=1S/C14H19NO5/c1-9(6-13(18)19)14(20)10-2-4-11(5-3-10)15-7-12(17)8-16/h2-5,9,12,15-17H,6-8H2,1H3,(H,18,19). The molecule has 0 aliphatic carbocycles. The number of aliphatic hydroxyl groups excluding tert-OH is 2. The molecule has 0 saturated carbocycles. The Morgan fingerprint density at radius 1 is 1.25 bits per heavy atom. The molecule has 0 bridgehead atoms. The fraction of sp³-hybridized carbons (Fsp3) is 0.429. The van der Waals surface area contributed by atoms with E-state index in [9.17, 15) is 14.7 Å². The van der Waals surface area contributed by atoms with Crippen LogP contribution in [0.1, 0.15) is 23.7 Å². The molecule has 4 N–H and O–H groups in total. The molecule has 0 aliphatic heterocycles. The summed E-state index contributed by atoms with van der Waals surface area (Å²) >= 11 is 0. The first kappa shape index (κ1) is 16.1. The summed E-state index contributed by atoms with van der Waals surface area (Å²) in [4.78, 5) is 22.5. The number of benzene rings is 1. The Kier molecular flexibility index (Phi) is 6.14. The number of aliphatic carboxylic acids is 1. The van der Waals surface area contributed by atoms with Gasteiger partial charge in [-0.05, 0) is 24.3 Å². The molecule has 0 radical (unpaired) electrons. The van der Waals surface area contributed by atoms with E-state index in [0.29, 0.717) is 11.3 Å². The molecule has 0 aliphatic rings. The largest absolute Gasteiger partial charge is 0.481 e. The molecule has 0 amide bonds. The molecule has 0 fully saturated rings. The van der Waals surface area contributed by atoms with Crippen molar-refractivity contribution in [1.82, 2.24) is 0 Å². The first-order valence-electron chi connectivity index (χ1n) is 6.33. The molecule has 2 atom stereocenters. The lowest BCUT2D eigenvalue weighted by atomic mass is 9.96. The van der Waals surface area contributed by atoms with Gasteiger partial charge in [-0.15, -0.1) is 0 Å². The maximum Gasteiger partial charge on any atom is 0.304 e. The van der Waals surface area contributed by atoms with Crippen LogP contribution in [0.25, 0.3) is 0 Å². The van der Waals surface area contributed by atoms with Gasteiger partial charge in [-0.1, -0.05) is 6.92 Å². The summed E-state index contributed by atoms with van der Waals surface area (Å²) in [6.07, 6.45) is -1.03. The van der Waals surface area contributed by atoms with Gasteiger partial charge in [-0.3, -0.25) is 9.59 Å². The van der Waals surface area contributed by atoms with E-state index in [1.807, 2.05) is 0 Å². The highest BCUT2D eigenvalue weighted by Crippen LogP contribution is 2.15. The molecule has 6 heteroatoms. The number of aliphatic hydroxyl groups is 2. The fourth-order valence-electron chi connectivity index (χ4n) is 1.69. The van der Waals surface area contributed by atoms with E-state index in [-0.39, 0.29) is 25.4 Å². The third kappa shape index (κ3) is 4.99. The minimum Gasteiger partial charge on any atom is -0.481 e. The molecule has 0 heterocycles. The van der Waals surface area contributed by atoms with E-state index >= 15 is 0 Å². The van der Waals surface area contributed by atoms with E-state index in [0.717, 1.165) is 0 Å². The third-order valence-electron chi connectivity index (χ3n) is 2.85. The molecule has 0 saturated heterocycles. The highest BCUT2D eigenvalue weighted by molar-refractivity contribution is 5.99. The topological polar surface area (TPSA) is 107 Å². The summed E-state index contributed by atoms with van der Waals surface area (Å²) < 4.78 is 0. The molecule has 6 nitrogen and oxygen atoms in total. The SMILES string of the molecule is CC(CC(=O)O)C(=O)c1ccc(NCC(O)CO)cc1. The first-order chi connectivity index (χ1) is 9.43. The molecule has 20 heavy (non-hydrogen) atoms. The summed E-state index contributed by atoms with van der Waals surface area (Å²) in [6.45, 7) is 1.47. The van der Waals surface area contributed by atoms with Crippen LogP contribution in [0.5, 0.6) is 0 Å². The Bertz CT molecular complexity index is 457. The average molecular weight is 281 g/mol. The van der Waals surface area contributed by atoms with Gasteiger partial charge in [-0.25, -0.2) is 0 Å². The molecular weight excluding hydrogens is 262 g/mol. The van der Waals surface area contributed by atoms with Crippen LogP contribution in [0.4, 0.5) is 5.69 Å². The van der Waals surface area contributed by atoms with Crippen LogP contribution in [-0.2, 0) is 4.79 Å². The molecule has 1 aromatic rings. The van der Waals surface area contributed by atoms with Crippen LogP contribution < -0.4 is 5.32 Å². The minimum atomic E-state index is -0.998. The van der Waals surface area contributed by atoms with E-state index < -0.39 is 18.0 Å². The molecule has 0 aromatic heterocycles. The predicted molar refractivity (Wildman–Crippen MR) is 73.8 cm³/mol. The van der Waals surface area contributed by atoms with Crippen LogP contribution in [0.15, 0.2) is 24.3 Å². The Hall–Kier alpha value is -1.92. The molecule has 1 rings (SSSR count). The Morgan fingerprint density at radius 3 is 2.35 bits per heavy atom. The lowest BCUT2D eigenvalue weighted by Crippen LogP contribution is -2.23. The van der Waals surface area contributed by atoms with Gasteiger partial charge in [-0.2, -0.15) is 0 Å². The normalized spacial score (nSPS) is 13.6. The molecule has 2 unspecified atom stereocenters. The van der Waals surface area contributed by atoms with Gasteiger partial charge in [0.25, 0.3) is 0 Å². The van der Waals surface area contributed by atoms with Crippen molar-refractivity contribution in [2.45, 2.75) is 19.4 Å². The Labute approximate surface area is 117 Å². The highest BCUT2D eigenvalue weighted by Gasteiger charge is 2.18. The number of carboxylic acid groups (broad SMARTS) is 1. The molecule has 1 aromatic carbocycles. The van der Waals surface area contributed by atoms with Crippen molar-refractivity contribution in [3.8, 4) is 0 Å². The summed E-state index contributed by atoms with van der Waals surface area (Å²) in [5.74, 6) is -1.78. The number of hydrogen-bond donors (Lipinski definition) is 4. The third-order valence-corrected chi connectivity index (χ3v) is 2.85. The number of nitrogens with one attached hydrogen (secondary N) is 1. The van der Waals surface area contributed by atoms with E-state index in [4.69, 9.17) is 10.2 Å². The number of carbonyl (C=O) groups excluding carboxylic acids is 1. The zero-order valence-corrected chi connectivity index (χ0v) is 11.2. The Balaban J connectivity index is 2.61. The second-order valence-electron chi connectivity index (χ2n) is 4.66. The first-order valence-corrected chi connectivity index (χ1v) is 6.33. The number of hydrogen-bond acceptors (Lipinski definition) is 5. The van der Waals surface area contributed by atoms with Crippen molar-refractivity contribution >= 4 is 17.4 Å². The second-order valence-corrected chi connectivity index (χ2v) is 4.66. The van der Waals surface area contributed by atoms with Gasteiger partial charge in [0.1, 0.15) is 0 Å². The van der Waals surface area contributed by atoms with Crippen LogP contribution in [0.2, 0.25) is 0 Å². The summed E-state index contributed by atoms with van der Waals surface area (Å²) in [5, 5.41) is 29.4. The smallest absolute Gasteiger partial charge is 0.304 e. The maximum absolute atomic E-state index is 11.9. The number of carboxylic acids is 1. The number of Topliss-reactive ketones (excluding diaryl/α,β-unsaturated/α-hetero) is 1. The van der Waals surface area contributed by atoms with E-state index in [1.54, 1.807) is 31.2 Å². The van der Waals surface area contributed by atoms with Crippen LogP contribution >= 0.6 is 0 Å². The summed E-state index contributed by atoms with van der Waals surface area (Å²) in [6, 6.07) is 6.55. The van der Waals surface area contributed by atoms with Crippen molar-refractivity contribution in [3.05, 3.63) is 29.8 Å². The number of rotatable bonds is 8. The lowest BCUT2D eigenvalue weighted by molar-refractivity contribution is -0.137. The average Bonchev–Trinajstić information content (AvgIpc) is 2.43. The van der Waals surface area contributed by atoms with E-state index in [2.05, 4.69) is 5.32 Å². The van der Waals surface area contributed by atoms with Crippen molar-refractivity contribution in [3.63, 3.8) is 0 Å². The van der Waals surface area contributed by atoms with Gasteiger partial charge in [0.15, 0.2) is 5.78 Å². The van der Waals surface area contributed by atoms with Crippen molar-refractivity contribution in [1.29, 1.82) is 0 Å². The fourth-order valence-corrected chi connectivity index (χ4v) is 1.69. The number of ketones is 1. The number of anilines is 1. The quantitative estimate of drug-likeness (QED) is 0.524. The van der Waals surface area contributed by atoms with Gasteiger partial charge < -0.3 is 20.6 Å². The summed E-state index contributed by atoms with van der Waals surface area (Å²) in [5.41, 5.74) is 1.16. The molecular formula is C14H19NO5. The highest BCUT2D eigenvalue weighted by atomic mass is 16.4. The molecule has 110 valence electrons. The maximum atomic E-state index is 11.9. The lowest BCUT2D eigenvalue weighted by Gasteiger charge is -2.11. The monoisotopic (exact) mass is 281 g/mol. The molecule has 0 spiro atoms. The van der Waals surface area contributed by atoms with Gasteiger partial charge in [0, 0.05) is 23.7 Å². The van der Waals surface area contributed by atoms with Gasteiger partial charge >= 0.3 is 5.97 Å². The minimum absolute atomic E-state index is 0.193. The predicted octanol–water partition coefficient (Wildman–Crippen LogP) is 0.745. The van der Waals surface area contributed by atoms with Gasteiger partial charge in [0.05, 0.1) is 19.1 Å². The Morgan fingerprint density at radius 2 is 1.85 bits per heavy atom. The van der Waals surface area contributed by atoms with Gasteiger partial charge in [0.2, 0.25) is 0 Å². The van der Waals surface area contributed by atoms with Crippen molar-refractivity contribution < 1.29 is 24.9 Å². The second kappa shape index (κ2) is 7.62. The zero-order valence-electron chi connectivity index (χ0n) is 11.2. The van der Waals surface area contributed by atoms with Crippen LogP contribution in [-0.4, -0.2) is 46.3 Å². The zero-order chi connectivity index (χ0) is 15.1. The summed E-state index contributed by atoms with van der Waals surface area (Å²) in [7, 11) is 0. The van der Waals surface area contributed by atoms with Crippen LogP contribution in [0, 0.1) is 5.92 Å². The van der Waals surface area contributed by atoms with E-state index in [1.165, 1.54) is 0 Å². The van der Waals surface area contributed by atoms with Crippen molar-refractivity contribution in [2.75, 3.05) is 18.5 Å². The number of carbonyl (C=O) groups is 2. The van der Waals surface area contributed by atoms with Crippen molar-refractivity contribution in [2.24, 2.45) is 5.92 Å². The van der Waals surface area contributed by atoms with Crippen LogP contribution in [0.3, 0.4) is 0 Å².